The minimum absolute atomic E-state index is 0.409. The van der Waals surface area contributed by atoms with Crippen LogP contribution in [0.2, 0.25) is 0 Å². The van der Waals surface area contributed by atoms with Crippen molar-refractivity contribution in [1.82, 2.24) is 0 Å². The Bertz CT molecular complexity index is 285. The Balaban J connectivity index is 2.78. The molecule has 1 aromatic heterocycles. The van der Waals surface area contributed by atoms with E-state index in [1.807, 2.05) is 0 Å². The first-order chi connectivity index (χ1) is 6.01. The fraction of sp³-hybridized carbons (Fsp3) is 0.375. The van der Waals surface area contributed by atoms with Gasteiger partial charge in [-0.2, -0.15) is 17.7 Å². The Morgan fingerprint density at radius 2 is 2.15 bits per heavy atom. The molecule has 0 aliphatic rings. The molecular weight excluding hydrogens is 183 g/mol. The summed E-state index contributed by atoms with van der Waals surface area (Å²) in [5.41, 5.74) is 0. The normalized spacial score (nSPS) is 11.4. The molecule has 0 saturated carbocycles. The van der Waals surface area contributed by atoms with Gasteiger partial charge < -0.3 is 4.74 Å². The molecule has 0 aliphatic carbocycles. The van der Waals surface area contributed by atoms with Crippen molar-refractivity contribution in [3.05, 3.63) is 24.5 Å². The van der Waals surface area contributed by atoms with Crippen LogP contribution in [-0.2, 0) is 6.54 Å². The van der Waals surface area contributed by atoms with Crippen molar-refractivity contribution in [3.63, 3.8) is 0 Å². The first-order valence-electron chi connectivity index (χ1n) is 3.61. The van der Waals surface area contributed by atoms with Gasteiger partial charge in [-0.15, -0.1) is 0 Å². The minimum Gasteiger partial charge on any atom is -0.491 e. The second-order valence-electron chi connectivity index (χ2n) is 2.53. The molecule has 0 aliphatic heterocycles. The molecule has 0 atom stereocenters. The number of rotatable bonds is 2. The number of methoxy groups -OCH3 is 1. The highest BCUT2D eigenvalue weighted by Gasteiger charge is 2.33. The molecule has 0 N–H and O–H groups in total. The van der Waals surface area contributed by atoms with E-state index in [1.165, 1.54) is 25.6 Å². The van der Waals surface area contributed by atoms with Gasteiger partial charge in [0.15, 0.2) is 11.9 Å². The summed E-state index contributed by atoms with van der Waals surface area (Å²) < 4.78 is 41.6. The van der Waals surface area contributed by atoms with Gasteiger partial charge in [0, 0.05) is 6.07 Å². The molecule has 13 heavy (non-hydrogen) atoms. The lowest BCUT2D eigenvalue weighted by atomic mass is 10.4. The lowest BCUT2D eigenvalue weighted by molar-refractivity contribution is -0.719. The van der Waals surface area contributed by atoms with Crippen LogP contribution in [0.1, 0.15) is 0 Å². The van der Waals surface area contributed by atoms with Crippen LogP contribution in [0.4, 0.5) is 13.2 Å². The van der Waals surface area contributed by atoms with E-state index in [-0.39, 0.29) is 0 Å². The molecule has 0 fully saturated rings. The van der Waals surface area contributed by atoms with Gasteiger partial charge in [0.2, 0.25) is 12.7 Å². The van der Waals surface area contributed by atoms with E-state index in [0.29, 0.717) is 5.75 Å². The molecule has 0 spiro atoms. The van der Waals surface area contributed by atoms with Gasteiger partial charge in [0.05, 0.1) is 7.11 Å². The van der Waals surface area contributed by atoms with Gasteiger partial charge in [-0.1, -0.05) is 0 Å². The Morgan fingerprint density at radius 1 is 1.46 bits per heavy atom. The quantitative estimate of drug-likeness (QED) is 0.648. The van der Waals surface area contributed by atoms with Crippen molar-refractivity contribution < 1.29 is 22.5 Å². The Labute approximate surface area is 73.6 Å². The summed E-state index contributed by atoms with van der Waals surface area (Å²) in [7, 11) is 1.41. The molecule has 0 saturated heterocycles. The third-order valence-corrected chi connectivity index (χ3v) is 1.43. The summed E-state index contributed by atoms with van der Waals surface area (Å²) in [5.74, 6) is 0.409. The summed E-state index contributed by atoms with van der Waals surface area (Å²) in [6.45, 7) is -0.996. The zero-order valence-corrected chi connectivity index (χ0v) is 7.01. The summed E-state index contributed by atoms with van der Waals surface area (Å²) in [6, 6.07) is 3.09. The third kappa shape index (κ3) is 3.31. The largest absolute Gasteiger partial charge is 0.491 e. The SMILES string of the molecule is COc1ccc[n+](CC(F)(F)F)c1. The van der Waals surface area contributed by atoms with E-state index in [9.17, 15) is 13.2 Å². The van der Waals surface area contributed by atoms with E-state index >= 15 is 0 Å². The molecule has 0 radical (unpaired) electrons. The molecule has 0 amide bonds. The predicted molar refractivity (Wildman–Crippen MR) is 39.2 cm³/mol. The van der Waals surface area contributed by atoms with Crippen LogP contribution in [0.5, 0.6) is 5.75 Å². The first-order valence-corrected chi connectivity index (χ1v) is 3.61. The fourth-order valence-corrected chi connectivity index (χ4v) is 0.924. The van der Waals surface area contributed by atoms with E-state index < -0.39 is 12.7 Å². The van der Waals surface area contributed by atoms with E-state index in [0.717, 1.165) is 4.57 Å². The fourth-order valence-electron chi connectivity index (χ4n) is 0.924. The average molecular weight is 192 g/mol. The molecule has 0 aromatic carbocycles. The summed E-state index contributed by atoms with van der Waals surface area (Å²) in [6.07, 6.45) is -1.56. The van der Waals surface area contributed by atoms with Crippen LogP contribution in [0, 0.1) is 0 Å². The van der Waals surface area contributed by atoms with Gasteiger partial charge in [0.1, 0.15) is 0 Å². The molecule has 1 rings (SSSR count). The minimum atomic E-state index is -4.20. The van der Waals surface area contributed by atoms with Crippen molar-refractivity contribution in [1.29, 1.82) is 0 Å². The summed E-state index contributed by atoms with van der Waals surface area (Å²) in [4.78, 5) is 0. The maximum atomic E-state index is 11.9. The lowest BCUT2D eigenvalue weighted by Crippen LogP contribution is -2.40. The number of alkyl halides is 3. The molecule has 1 heterocycles. The van der Waals surface area contributed by atoms with E-state index in [1.54, 1.807) is 6.07 Å². The molecular formula is C8H9F3NO+. The van der Waals surface area contributed by atoms with Crippen LogP contribution in [0.15, 0.2) is 24.5 Å². The maximum Gasteiger partial charge on any atom is 0.448 e. The van der Waals surface area contributed by atoms with Crippen LogP contribution in [0.25, 0.3) is 0 Å². The van der Waals surface area contributed by atoms with Crippen molar-refractivity contribution >= 4 is 0 Å². The number of aromatic nitrogens is 1. The topological polar surface area (TPSA) is 13.1 Å². The number of hydrogen-bond acceptors (Lipinski definition) is 1. The predicted octanol–water partition coefficient (Wildman–Crippen LogP) is 1.54. The summed E-state index contributed by atoms with van der Waals surface area (Å²) in [5, 5.41) is 0. The molecule has 0 unspecified atom stereocenters. The van der Waals surface area contributed by atoms with Crippen molar-refractivity contribution in [3.8, 4) is 5.75 Å². The Kier molecular flexibility index (Phi) is 2.75. The number of halogens is 3. The van der Waals surface area contributed by atoms with Crippen LogP contribution in [0.3, 0.4) is 0 Å². The highest BCUT2D eigenvalue weighted by molar-refractivity contribution is 5.11. The van der Waals surface area contributed by atoms with Gasteiger partial charge in [0.25, 0.3) is 0 Å². The van der Waals surface area contributed by atoms with Gasteiger partial charge in [-0.3, -0.25) is 0 Å². The van der Waals surface area contributed by atoms with Crippen LogP contribution in [-0.4, -0.2) is 13.3 Å². The first kappa shape index (κ1) is 9.83. The monoisotopic (exact) mass is 192 g/mol. The number of nitrogens with zero attached hydrogens (tertiary/aromatic N) is 1. The van der Waals surface area contributed by atoms with Crippen LogP contribution < -0.4 is 9.30 Å². The standard InChI is InChI=1S/C8H9F3NO/c1-13-7-3-2-4-12(5-7)6-8(9,10)11/h2-5H,6H2,1H3/q+1. The zero-order chi connectivity index (χ0) is 9.90. The molecule has 5 heteroatoms. The highest BCUT2D eigenvalue weighted by Crippen LogP contribution is 2.14. The third-order valence-electron chi connectivity index (χ3n) is 1.43. The van der Waals surface area contributed by atoms with Gasteiger partial charge in [-0.25, -0.2) is 0 Å². The number of ether oxygens (including phenoxy) is 1. The highest BCUT2D eigenvalue weighted by atomic mass is 19.4. The molecule has 1 aromatic rings. The maximum absolute atomic E-state index is 11.9. The zero-order valence-electron chi connectivity index (χ0n) is 7.01. The summed E-state index contributed by atoms with van der Waals surface area (Å²) >= 11 is 0. The smallest absolute Gasteiger partial charge is 0.448 e. The Hall–Kier alpha value is -1.26. The van der Waals surface area contributed by atoms with Gasteiger partial charge in [-0.05, 0) is 6.07 Å². The van der Waals surface area contributed by atoms with Crippen molar-refractivity contribution in [2.24, 2.45) is 0 Å². The second kappa shape index (κ2) is 3.64. The van der Waals surface area contributed by atoms with Crippen molar-refractivity contribution in [2.45, 2.75) is 12.7 Å². The van der Waals surface area contributed by atoms with Crippen molar-refractivity contribution in [2.75, 3.05) is 7.11 Å². The van der Waals surface area contributed by atoms with E-state index in [2.05, 4.69) is 0 Å². The molecule has 72 valence electrons. The molecule has 2 nitrogen and oxygen atoms in total. The second-order valence-corrected chi connectivity index (χ2v) is 2.53. The van der Waals surface area contributed by atoms with Gasteiger partial charge >= 0.3 is 6.18 Å². The van der Waals surface area contributed by atoms with E-state index in [4.69, 9.17) is 4.74 Å². The van der Waals surface area contributed by atoms with Crippen LogP contribution >= 0.6 is 0 Å². The lowest BCUT2D eigenvalue weighted by Gasteiger charge is -2.02. The molecule has 0 bridgehead atoms. The Morgan fingerprint density at radius 3 is 2.69 bits per heavy atom. The average Bonchev–Trinajstić information content (AvgIpc) is 2.01. The number of hydrogen-bond donors (Lipinski definition) is 0. The number of pyridine rings is 1.